The molecule has 2 saturated heterocycles. The third kappa shape index (κ3) is 5.46. The highest BCUT2D eigenvalue weighted by molar-refractivity contribution is 7.88. The standard InChI is InChI=1S/C20H31N3O4S/c1-15-4-5-16(2)19(14-15)21-20(24)22-10-6-17(7-11-22)27-18-8-12-23(13-9-18)28(3,25)26/h4-5,14,17-18H,6-13H2,1-3H3,(H,21,24). The number of nitrogens with zero attached hydrogens (tertiary/aromatic N) is 2. The van der Waals surface area contributed by atoms with Crippen molar-refractivity contribution >= 4 is 21.7 Å². The van der Waals surface area contributed by atoms with Gasteiger partial charge in [0.15, 0.2) is 0 Å². The fourth-order valence-corrected chi connectivity index (χ4v) is 4.71. The minimum absolute atomic E-state index is 0.0615. The second kappa shape index (κ2) is 8.80. The first kappa shape index (κ1) is 21.1. The number of carbonyl (C=O) groups is 1. The van der Waals surface area contributed by atoms with Gasteiger partial charge in [-0.1, -0.05) is 12.1 Å². The molecule has 0 unspecified atom stereocenters. The number of nitrogens with one attached hydrogen (secondary N) is 1. The van der Waals surface area contributed by atoms with Gasteiger partial charge in [-0.2, -0.15) is 0 Å². The maximum atomic E-state index is 12.6. The largest absolute Gasteiger partial charge is 0.375 e. The molecule has 1 aromatic carbocycles. The molecule has 0 spiro atoms. The molecule has 2 aliphatic rings. The van der Waals surface area contributed by atoms with E-state index in [1.165, 1.54) is 10.6 Å². The summed E-state index contributed by atoms with van der Waals surface area (Å²) in [6.45, 7) is 6.40. The number of likely N-dealkylation sites (tertiary alicyclic amines) is 1. The lowest BCUT2D eigenvalue weighted by molar-refractivity contribution is -0.0542. The number of rotatable bonds is 4. The lowest BCUT2D eigenvalue weighted by Gasteiger charge is -2.36. The molecule has 1 aromatic rings. The van der Waals surface area contributed by atoms with E-state index in [0.29, 0.717) is 26.2 Å². The van der Waals surface area contributed by atoms with Crippen LogP contribution in [0.2, 0.25) is 0 Å². The number of piperidine rings is 2. The molecule has 0 aromatic heterocycles. The van der Waals surface area contributed by atoms with Gasteiger partial charge < -0.3 is 15.0 Å². The predicted octanol–water partition coefficient (Wildman–Crippen LogP) is 2.74. The van der Waals surface area contributed by atoms with E-state index in [1.54, 1.807) is 0 Å². The fraction of sp³-hybridized carbons (Fsp3) is 0.650. The first-order valence-corrected chi connectivity index (χ1v) is 11.8. The summed E-state index contributed by atoms with van der Waals surface area (Å²) in [7, 11) is -3.10. The molecule has 28 heavy (non-hydrogen) atoms. The van der Waals surface area contributed by atoms with Gasteiger partial charge >= 0.3 is 6.03 Å². The van der Waals surface area contributed by atoms with Crippen molar-refractivity contribution < 1.29 is 17.9 Å². The van der Waals surface area contributed by atoms with Crippen LogP contribution in [0, 0.1) is 13.8 Å². The fourth-order valence-electron chi connectivity index (χ4n) is 3.83. The highest BCUT2D eigenvalue weighted by atomic mass is 32.2. The highest BCUT2D eigenvalue weighted by Gasteiger charge is 2.29. The van der Waals surface area contributed by atoms with Crippen LogP contribution in [0.25, 0.3) is 0 Å². The van der Waals surface area contributed by atoms with Gasteiger partial charge in [-0.05, 0) is 56.7 Å². The van der Waals surface area contributed by atoms with Gasteiger partial charge in [0, 0.05) is 31.9 Å². The number of anilines is 1. The molecule has 1 N–H and O–H groups in total. The highest BCUT2D eigenvalue weighted by Crippen LogP contribution is 2.23. The molecular formula is C20H31N3O4S. The van der Waals surface area contributed by atoms with Crippen LogP contribution in [0.15, 0.2) is 18.2 Å². The first-order chi connectivity index (χ1) is 13.2. The second-order valence-corrected chi connectivity index (χ2v) is 9.91. The van der Waals surface area contributed by atoms with E-state index in [9.17, 15) is 13.2 Å². The van der Waals surface area contributed by atoms with Crippen LogP contribution in [0.3, 0.4) is 0 Å². The number of sulfonamides is 1. The average Bonchev–Trinajstić information content (AvgIpc) is 2.65. The molecule has 8 heteroatoms. The molecule has 2 fully saturated rings. The van der Waals surface area contributed by atoms with E-state index < -0.39 is 10.0 Å². The molecule has 3 rings (SSSR count). The van der Waals surface area contributed by atoms with Crippen molar-refractivity contribution in [2.24, 2.45) is 0 Å². The van der Waals surface area contributed by atoms with Crippen LogP contribution >= 0.6 is 0 Å². The summed E-state index contributed by atoms with van der Waals surface area (Å²) in [5.74, 6) is 0. The number of benzene rings is 1. The van der Waals surface area contributed by atoms with Gasteiger partial charge in [0.1, 0.15) is 0 Å². The molecular weight excluding hydrogens is 378 g/mol. The minimum Gasteiger partial charge on any atom is -0.375 e. The lowest BCUT2D eigenvalue weighted by Crippen LogP contribution is -2.45. The number of hydrogen-bond acceptors (Lipinski definition) is 4. The average molecular weight is 410 g/mol. The molecule has 0 atom stereocenters. The van der Waals surface area contributed by atoms with Crippen LogP contribution in [0.5, 0.6) is 0 Å². The van der Waals surface area contributed by atoms with E-state index in [1.807, 2.05) is 36.9 Å². The van der Waals surface area contributed by atoms with Crippen molar-refractivity contribution in [1.82, 2.24) is 9.21 Å². The molecule has 7 nitrogen and oxygen atoms in total. The van der Waals surface area contributed by atoms with Gasteiger partial charge in [-0.3, -0.25) is 0 Å². The SMILES string of the molecule is Cc1ccc(C)c(NC(=O)N2CCC(OC3CCN(S(C)(=O)=O)CC3)CC2)c1. The third-order valence-corrected chi connectivity index (χ3v) is 6.92. The van der Waals surface area contributed by atoms with Crippen LogP contribution < -0.4 is 5.32 Å². The zero-order valence-corrected chi connectivity index (χ0v) is 17.8. The Morgan fingerprint density at radius 3 is 2.18 bits per heavy atom. The summed E-state index contributed by atoms with van der Waals surface area (Å²) in [6.07, 6.45) is 4.60. The normalized spacial score (nSPS) is 20.3. The molecule has 2 aliphatic heterocycles. The molecule has 156 valence electrons. The van der Waals surface area contributed by atoms with Crippen LogP contribution in [-0.2, 0) is 14.8 Å². The zero-order chi connectivity index (χ0) is 20.3. The summed E-state index contributed by atoms with van der Waals surface area (Å²) >= 11 is 0. The lowest BCUT2D eigenvalue weighted by atomic mass is 10.1. The maximum Gasteiger partial charge on any atom is 0.321 e. The Hall–Kier alpha value is -1.64. The molecule has 2 amide bonds. The zero-order valence-electron chi connectivity index (χ0n) is 17.0. The summed E-state index contributed by atoms with van der Waals surface area (Å²) in [5, 5.41) is 3.02. The summed E-state index contributed by atoms with van der Waals surface area (Å²) in [4.78, 5) is 14.4. The Labute approximate surface area is 168 Å². The molecule has 0 bridgehead atoms. The van der Waals surface area contributed by atoms with Crippen molar-refractivity contribution in [3.63, 3.8) is 0 Å². The van der Waals surface area contributed by atoms with E-state index in [4.69, 9.17) is 4.74 Å². The predicted molar refractivity (Wildman–Crippen MR) is 110 cm³/mol. The topological polar surface area (TPSA) is 79.0 Å². The van der Waals surface area contributed by atoms with Crippen molar-refractivity contribution in [1.29, 1.82) is 0 Å². The van der Waals surface area contributed by atoms with Crippen LogP contribution in [0.1, 0.15) is 36.8 Å². The summed E-state index contributed by atoms with van der Waals surface area (Å²) in [5.41, 5.74) is 3.04. The Morgan fingerprint density at radius 1 is 1.04 bits per heavy atom. The monoisotopic (exact) mass is 409 g/mol. The van der Waals surface area contributed by atoms with Gasteiger partial charge in [0.05, 0.1) is 18.5 Å². The van der Waals surface area contributed by atoms with Crippen molar-refractivity contribution in [3.05, 3.63) is 29.3 Å². The van der Waals surface area contributed by atoms with Gasteiger partial charge in [-0.15, -0.1) is 0 Å². The Balaban J connectivity index is 1.43. The Morgan fingerprint density at radius 2 is 1.61 bits per heavy atom. The van der Waals surface area contributed by atoms with E-state index in [0.717, 1.165) is 42.5 Å². The first-order valence-electron chi connectivity index (χ1n) is 9.96. The van der Waals surface area contributed by atoms with Gasteiger partial charge in [0.25, 0.3) is 0 Å². The quantitative estimate of drug-likeness (QED) is 0.829. The summed E-state index contributed by atoms with van der Waals surface area (Å²) in [6, 6.07) is 5.98. The van der Waals surface area contributed by atoms with Crippen LogP contribution in [0.4, 0.5) is 10.5 Å². The molecule has 0 radical (unpaired) electrons. The number of hydrogen-bond donors (Lipinski definition) is 1. The molecule has 0 saturated carbocycles. The number of amides is 2. The summed E-state index contributed by atoms with van der Waals surface area (Å²) < 4.78 is 30.9. The van der Waals surface area contributed by atoms with E-state index in [2.05, 4.69) is 5.32 Å². The molecule has 0 aliphatic carbocycles. The van der Waals surface area contributed by atoms with E-state index in [-0.39, 0.29) is 18.2 Å². The Bertz CT molecular complexity index is 796. The number of carbonyl (C=O) groups excluding carboxylic acids is 1. The van der Waals surface area contributed by atoms with E-state index >= 15 is 0 Å². The number of urea groups is 1. The van der Waals surface area contributed by atoms with Crippen molar-refractivity contribution in [2.75, 3.05) is 37.8 Å². The van der Waals surface area contributed by atoms with Crippen LogP contribution in [-0.4, -0.2) is 68.3 Å². The van der Waals surface area contributed by atoms with Crippen molar-refractivity contribution in [2.45, 2.75) is 51.7 Å². The smallest absolute Gasteiger partial charge is 0.321 e. The second-order valence-electron chi connectivity index (χ2n) is 7.93. The van der Waals surface area contributed by atoms with Gasteiger partial charge in [0.2, 0.25) is 10.0 Å². The molecule has 2 heterocycles. The third-order valence-electron chi connectivity index (χ3n) is 5.62. The van der Waals surface area contributed by atoms with Gasteiger partial charge in [-0.25, -0.2) is 17.5 Å². The van der Waals surface area contributed by atoms with Crippen molar-refractivity contribution in [3.8, 4) is 0 Å². The number of aryl methyl sites for hydroxylation is 2. The minimum atomic E-state index is -3.10. The maximum absolute atomic E-state index is 12.6. The number of ether oxygens (including phenoxy) is 1. The Kier molecular flexibility index (Phi) is 6.62.